The van der Waals surface area contributed by atoms with Crippen LogP contribution >= 0.6 is 0 Å². The molecular weight excluding hydrogens is 242 g/mol. The van der Waals surface area contributed by atoms with Gasteiger partial charge in [0.05, 0.1) is 0 Å². The highest BCUT2D eigenvalue weighted by atomic mass is 16.4. The third-order valence-electron chi connectivity index (χ3n) is 5.11. The summed E-state index contributed by atoms with van der Waals surface area (Å²) in [5.74, 6) is -0.421. The van der Waals surface area contributed by atoms with Crippen molar-refractivity contribution in [2.24, 2.45) is 11.8 Å². The van der Waals surface area contributed by atoms with Crippen molar-refractivity contribution in [2.75, 3.05) is 6.54 Å². The minimum absolute atomic E-state index is 0.0116. The number of aliphatic carboxylic acids is 1. The van der Waals surface area contributed by atoms with E-state index in [4.69, 9.17) is 0 Å². The zero-order valence-corrected chi connectivity index (χ0v) is 11.3. The van der Waals surface area contributed by atoms with Gasteiger partial charge in [-0.05, 0) is 12.8 Å². The van der Waals surface area contributed by atoms with E-state index in [1.807, 2.05) is 0 Å². The van der Waals surface area contributed by atoms with Gasteiger partial charge in [0.2, 0.25) is 11.8 Å². The van der Waals surface area contributed by atoms with Crippen LogP contribution in [-0.2, 0) is 9.59 Å². The lowest BCUT2D eigenvalue weighted by atomic mass is 9.83. The van der Waals surface area contributed by atoms with Crippen molar-refractivity contribution < 1.29 is 19.3 Å². The Balaban J connectivity index is 1.74. The molecule has 0 amide bonds. The largest absolute Gasteiger partial charge is 0.481 e. The average molecular weight is 264 g/mol. The number of rotatable bonds is 3. The number of carboxylic acids is 1. The Labute approximate surface area is 113 Å². The smallest absolute Gasteiger partial charge is 0.317 e. The van der Waals surface area contributed by atoms with Gasteiger partial charge in [-0.3, -0.25) is 9.59 Å². The summed E-state index contributed by atoms with van der Waals surface area (Å²) in [5, 5.41) is 9.20. The van der Waals surface area contributed by atoms with Gasteiger partial charge in [-0.25, -0.2) is 4.58 Å². The third kappa shape index (κ3) is 2.21. The van der Waals surface area contributed by atoms with E-state index in [1.54, 1.807) is 0 Å². The first-order valence-corrected chi connectivity index (χ1v) is 7.57. The van der Waals surface area contributed by atoms with Crippen molar-refractivity contribution in [2.45, 2.75) is 57.4 Å². The molecule has 3 aliphatic rings. The van der Waals surface area contributed by atoms with Gasteiger partial charge in [-0.15, -0.1) is 0 Å². The molecule has 3 rings (SSSR count). The van der Waals surface area contributed by atoms with Crippen LogP contribution in [0.2, 0.25) is 0 Å². The van der Waals surface area contributed by atoms with Crippen LogP contribution in [0.4, 0.5) is 0 Å². The van der Waals surface area contributed by atoms with Gasteiger partial charge in [0.25, 0.3) is 0 Å². The number of carbonyl (C=O) groups is 2. The summed E-state index contributed by atoms with van der Waals surface area (Å²) in [7, 11) is 0. The van der Waals surface area contributed by atoms with E-state index in [0.29, 0.717) is 12.2 Å². The van der Waals surface area contributed by atoms with Crippen LogP contribution < -0.4 is 0 Å². The first kappa shape index (κ1) is 12.8. The Morgan fingerprint density at radius 1 is 1.05 bits per heavy atom. The van der Waals surface area contributed by atoms with Crippen LogP contribution in [0.5, 0.6) is 0 Å². The summed E-state index contributed by atoms with van der Waals surface area (Å²) in [4.78, 5) is 23.8. The summed E-state index contributed by atoms with van der Waals surface area (Å²) >= 11 is 0. The molecule has 0 spiro atoms. The predicted molar refractivity (Wildman–Crippen MR) is 70.5 cm³/mol. The molecule has 0 bridgehead atoms. The lowest BCUT2D eigenvalue weighted by Crippen LogP contribution is -2.36. The molecule has 19 heavy (non-hydrogen) atoms. The van der Waals surface area contributed by atoms with Gasteiger partial charge in [0.15, 0.2) is 5.71 Å². The number of hydrogen-bond donors (Lipinski definition) is 1. The third-order valence-corrected chi connectivity index (χ3v) is 5.11. The highest BCUT2D eigenvalue weighted by Crippen LogP contribution is 2.32. The molecular formula is C15H22NO3+. The van der Waals surface area contributed by atoms with Crippen molar-refractivity contribution in [3.8, 4) is 0 Å². The molecule has 0 aromatic carbocycles. The molecule has 1 saturated carbocycles. The summed E-state index contributed by atoms with van der Waals surface area (Å²) < 4.78 is 2.12. The number of ketones is 1. The molecule has 2 heterocycles. The molecule has 2 unspecified atom stereocenters. The maximum absolute atomic E-state index is 12.6. The molecule has 104 valence electrons. The van der Waals surface area contributed by atoms with E-state index in [2.05, 4.69) is 4.58 Å². The Morgan fingerprint density at radius 3 is 2.47 bits per heavy atom. The molecule has 0 saturated heterocycles. The van der Waals surface area contributed by atoms with Gasteiger partial charge in [-0.2, -0.15) is 0 Å². The van der Waals surface area contributed by atoms with Crippen molar-refractivity contribution in [1.29, 1.82) is 0 Å². The topological polar surface area (TPSA) is 57.4 Å². The second kappa shape index (κ2) is 5.06. The van der Waals surface area contributed by atoms with Crippen molar-refractivity contribution >= 4 is 17.5 Å². The minimum Gasteiger partial charge on any atom is -0.481 e. The molecule has 1 aliphatic carbocycles. The molecule has 4 heteroatoms. The fourth-order valence-electron chi connectivity index (χ4n) is 4.11. The highest BCUT2D eigenvalue weighted by molar-refractivity contribution is 6.01. The first-order chi connectivity index (χ1) is 9.18. The quantitative estimate of drug-likeness (QED) is 0.791. The molecule has 0 radical (unpaired) electrons. The number of nitrogens with zero attached hydrogens (tertiary/aromatic N) is 1. The first-order valence-electron chi connectivity index (χ1n) is 7.57. The van der Waals surface area contributed by atoms with Crippen molar-refractivity contribution in [3.05, 3.63) is 0 Å². The Hall–Kier alpha value is -1.19. The van der Waals surface area contributed by atoms with E-state index in [9.17, 15) is 14.7 Å². The SMILES string of the molecule is O=C(O)C1CC[N+]2=C1CCC2C(=O)C1CCCCC1. The molecule has 2 aliphatic heterocycles. The Morgan fingerprint density at radius 2 is 1.79 bits per heavy atom. The van der Waals surface area contributed by atoms with E-state index in [0.717, 1.165) is 37.9 Å². The van der Waals surface area contributed by atoms with Gasteiger partial charge in [0.1, 0.15) is 12.5 Å². The second-order valence-electron chi connectivity index (χ2n) is 6.16. The fourth-order valence-corrected chi connectivity index (χ4v) is 4.11. The van der Waals surface area contributed by atoms with Crippen LogP contribution in [0.1, 0.15) is 51.4 Å². The monoisotopic (exact) mass is 264 g/mol. The van der Waals surface area contributed by atoms with Gasteiger partial charge in [0, 0.05) is 25.2 Å². The highest BCUT2D eigenvalue weighted by Gasteiger charge is 2.49. The van der Waals surface area contributed by atoms with E-state index < -0.39 is 5.97 Å². The summed E-state index contributed by atoms with van der Waals surface area (Å²) in [6.45, 7) is 0.759. The zero-order chi connectivity index (χ0) is 13.4. The van der Waals surface area contributed by atoms with Crippen LogP contribution in [0.25, 0.3) is 0 Å². The molecule has 0 aromatic rings. The molecule has 1 fully saturated rings. The summed E-state index contributed by atoms with van der Waals surface area (Å²) in [6.07, 6.45) is 8.03. The van der Waals surface area contributed by atoms with Gasteiger partial charge >= 0.3 is 5.97 Å². The predicted octanol–water partition coefficient (Wildman–Crippen LogP) is 1.86. The Kier molecular flexibility index (Phi) is 3.42. The van der Waals surface area contributed by atoms with Crippen molar-refractivity contribution in [3.63, 3.8) is 0 Å². The lowest BCUT2D eigenvalue weighted by Gasteiger charge is -2.21. The lowest BCUT2D eigenvalue weighted by molar-refractivity contribution is -0.537. The van der Waals surface area contributed by atoms with E-state index in [-0.39, 0.29) is 17.9 Å². The van der Waals surface area contributed by atoms with Crippen molar-refractivity contribution in [1.82, 2.24) is 0 Å². The second-order valence-corrected chi connectivity index (χ2v) is 6.16. The summed E-state index contributed by atoms with van der Waals surface area (Å²) in [5.41, 5.74) is 1.02. The number of carbonyl (C=O) groups excluding carboxylic acids is 1. The summed E-state index contributed by atoms with van der Waals surface area (Å²) in [6, 6.07) is -0.0116. The number of Topliss-reactive ketones (excluding diaryl/α,β-unsaturated/α-hetero) is 1. The zero-order valence-electron chi connectivity index (χ0n) is 11.3. The minimum atomic E-state index is -0.719. The molecule has 2 atom stereocenters. The van der Waals surface area contributed by atoms with Gasteiger partial charge in [-0.1, -0.05) is 19.3 Å². The maximum atomic E-state index is 12.6. The average Bonchev–Trinajstić information content (AvgIpc) is 2.99. The van der Waals surface area contributed by atoms with Crippen LogP contribution in [0.3, 0.4) is 0 Å². The maximum Gasteiger partial charge on any atom is 0.317 e. The Bertz CT molecular complexity index is 435. The normalized spacial score (nSPS) is 31.6. The van der Waals surface area contributed by atoms with Crippen LogP contribution in [0, 0.1) is 11.8 Å². The van der Waals surface area contributed by atoms with Crippen LogP contribution in [0.15, 0.2) is 0 Å². The number of carboxylic acid groups (broad SMARTS) is 1. The van der Waals surface area contributed by atoms with E-state index in [1.165, 1.54) is 19.3 Å². The number of hydrogen-bond acceptors (Lipinski definition) is 2. The van der Waals surface area contributed by atoms with Crippen LogP contribution in [-0.4, -0.2) is 39.7 Å². The fraction of sp³-hybridized carbons (Fsp3) is 0.800. The molecule has 1 N–H and O–H groups in total. The standard InChI is InChI=1S/C15H21NO3/c17-14(10-4-2-1-3-5-10)13-7-6-12-11(15(18)19)8-9-16(12)13/h10-11,13H,1-9H2/p+1. The molecule has 0 aromatic heterocycles. The molecule has 4 nitrogen and oxygen atoms in total. The van der Waals surface area contributed by atoms with E-state index >= 15 is 0 Å². The van der Waals surface area contributed by atoms with Gasteiger partial charge < -0.3 is 5.11 Å².